The summed E-state index contributed by atoms with van der Waals surface area (Å²) in [5.74, 6) is 0.856. The minimum absolute atomic E-state index is 0.238. The second-order valence-electron chi connectivity index (χ2n) is 6.00. The molecule has 2 N–H and O–H groups in total. The molecule has 0 aliphatic heterocycles. The van der Waals surface area contributed by atoms with Gasteiger partial charge in [0.15, 0.2) is 0 Å². The standard InChI is InChI=1S/C15H29NO/c1-6-12(2)11-14(17)8-7-13(9-10-16)15(3,4)5/h13H,2,6-11,16H2,1,3-5H3. The molecule has 0 bridgehead atoms. The fraction of sp³-hybridized carbons (Fsp3) is 0.800. The molecule has 2 nitrogen and oxygen atoms in total. The van der Waals surface area contributed by atoms with Crippen LogP contribution in [0.2, 0.25) is 0 Å². The number of carbonyl (C=O) groups is 1. The Morgan fingerprint density at radius 1 is 1.29 bits per heavy atom. The Hall–Kier alpha value is -0.630. The minimum Gasteiger partial charge on any atom is -0.330 e. The molecule has 0 radical (unpaired) electrons. The number of ketones is 1. The highest BCUT2D eigenvalue weighted by molar-refractivity contribution is 5.80. The van der Waals surface area contributed by atoms with Crippen LogP contribution in [0.3, 0.4) is 0 Å². The van der Waals surface area contributed by atoms with Gasteiger partial charge in [-0.1, -0.05) is 39.8 Å². The Morgan fingerprint density at radius 2 is 1.88 bits per heavy atom. The summed E-state index contributed by atoms with van der Waals surface area (Å²) in [4.78, 5) is 11.8. The lowest BCUT2D eigenvalue weighted by atomic mass is 9.76. The molecule has 0 fully saturated rings. The normalized spacial score (nSPS) is 13.5. The molecule has 0 aromatic carbocycles. The van der Waals surface area contributed by atoms with Crippen molar-refractivity contribution in [3.05, 3.63) is 12.2 Å². The van der Waals surface area contributed by atoms with Gasteiger partial charge in [-0.05, 0) is 37.1 Å². The Labute approximate surface area is 107 Å². The van der Waals surface area contributed by atoms with Crippen molar-refractivity contribution in [3.8, 4) is 0 Å². The largest absolute Gasteiger partial charge is 0.330 e. The summed E-state index contributed by atoms with van der Waals surface area (Å²) in [5, 5.41) is 0. The van der Waals surface area contributed by atoms with E-state index in [2.05, 4.69) is 27.4 Å². The molecule has 0 aliphatic rings. The number of allylic oxidation sites excluding steroid dienone is 1. The summed E-state index contributed by atoms with van der Waals surface area (Å²) in [7, 11) is 0. The molecule has 0 heterocycles. The molecule has 0 aliphatic carbocycles. The lowest BCUT2D eigenvalue weighted by molar-refractivity contribution is -0.118. The molecule has 1 atom stereocenters. The van der Waals surface area contributed by atoms with Crippen molar-refractivity contribution in [1.29, 1.82) is 0 Å². The number of hydrogen-bond acceptors (Lipinski definition) is 2. The summed E-state index contributed by atoms with van der Waals surface area (Å²) in [5.41, 5.74) is 6.92. The van der Waals surface area contributed by atoms with Crippen LogP contribution in [0.15, 0.2) is 12.2 Å². The lowest BCUT2D eigenvalue weighted by Gasteiger charge is -2.30. The second kappa shape index (κ2) is 7.65. The van der Waals surface area contributed by atoms with Crippen molar-refractivity contribution in [2.24, 2.45) is 17.1 Å². The number of Topliss-reactive ketones (excluding diaryl/α,β-unsaturated/α-hetero) is 1. The van der Waals surface area contributed by atoms with Crippen LogP contribution in [0.25, 0.3) is 0 Å². The molecule has 100 valence electrons. The van der Waals surface area contributed by atoms with Crippen molar-refractivity contribution in [2.75, 3.05) is 6.54 Å². The quantitative estimate of drug-likeness (QED) is 0.656. The number of rotatable bonds is 8. The third-order valence-electron chi connectivity index (χ3n) is 3.46. The SMILES string of the molecule is C=C(CC)CC(=O)CCC(CCN)C(C)(C)C. The van der Waals surface area contributed by atoms with Crippen LogP contribution in [0.5, 0.6) is 0 Å². The van der Waals surface area contributed by atoms with Crippen LogP contribution in [0, 0.1) is 11.3 Å². The maximum atomic E-state index is 11.8. The molecular formula is C15H29NO. The van der Waals surface area contributed by atoms with Gasteiger partial charge >= 0.3 is 0 Å². The van der Waals surface area contributed by atoms with Crippen molar-refractivity contribution >= 4 is 5.78 Å². The average molecular weight is 239 g/mol. The number of carbonyl (C=O) groups excluding carboxylic acids is 1. The Balaban J connectivity index is 4.13. The van der Waals surface area contributed by atoms with Crippen LogP contribution in [-0.2, 0) is 4.79 Å². The molecule has 0 aromatic rings. The maximum absolute atomic E-state index is 11.8. The third-order valence-corrected chi connectivity index (χ3v) is 3.46. The fourth-order valence-electron chi connectivity index (χ4n) is 2.04. The van der Waals surface area contributed by atoms with Gasteiger partial charge in [-0.25, -0.2) is 0 Å². The first-order valence-corrected chi connectivity index (χ1v) is 6.69. The van der Waals surface area contributed by atoms with Gasteiger partial charge in [0.05, 0.1) is 0 Å². The summed E-state index contributed by atoms with van der Waals surface area (Å²) >= 11 is 0. The Bertz CT molecular complexity index is 250. The summed E-state index contributed by atoms with van der Waals surface area (Å²) in [6.07, 6.45) is 4.08. The molecule has 2 heteroatoms. The zero-order chi connectivity index (χ0) is 13.5. The van der Waals surface area contributed by atoms with Crippen LogP contribution < -0.4 is 5.73 Å². The van der Waals surface area contributed by atoms with Crippen LogP contribution >= 0.6 is 0 Å². The highest BCUT2D eigenvalue weighted by Gasteiger charge is 2.24. The van der Waals surface area contributed by atoms with Crippen molar-refractivity contribution in [2.45, 2.75) is 59.8 Å². The molecule has 0 aromatic heterocycles. The number of hydrogen-bond donors (Lipinski definition) is 1. The average Bonchev–Trinajstić information content (AvgIpc) is 2.22. The van der Waals surface area contributed by atoms with Gasteiger partial charge < -0.3 is 5.73 Å². The topological polar surface area (TPSA) is 43.1 Å². The molecule has 0 saturated heterocycles. The summed E-state index contributed by atoms with van der Waals surface area (Å²) in [6, 6.07) is 0. The van der Waals surface area contributed by atoms with E-state index in [1.165, 1.54) is 0 Å². The first-order chi connectivity index (χ1) is 7.81. The Kier molecular flexibility index (Phi) is 7.37. The van der Waals surface area contributed by atoms with Crippen LogP contribution in [-0.4, -0.2) is 12.3 Å². The third kappa shape index (κ3) is 7.32. The van der Waals surface area contributed by atoms with Gasteiger partial charge in [0.25, 0.3) is 0 Å². The molecule has 17 heavy (non-hydrogen) atoms. The molecule has 0 rings (SSSR count). The van der Waals surface area contributed by atoms with E-state index in [9.17, 15) is 4.79 Å². The van der Waals surface area contributed by atoms with E-state index in [4.69, 9.17) is 5.73 Å². The van der Waals surface area contributed by atoms with Crippen LogP contribution in [0.1, 0.15) is 59.8 Å². The summed E-state index contributed by atoms with van der Waals surface area (Å²) in [6.45, 7) is 13.3. The van der Waals surface area contributed by atoms with E-state index < -0.39 is 0 Å². The smallest absolute Gasteiger partial charge is 0.136 e. The predicted octanol–water partition coefficient (Wildman–Crippen LogP) is 3.70. The van der Waals surface area contributed by atoms with Gasteiger partial charge in [-0.15, -0.1) is 0 Å². The predicted molar refractivity (Wildman–Crippen MR) is 74.9 cm³/mol. The van der Waals surface area contributed by atoms with E-state index in [1.54, 1.807) is 0 Å². The summed E-state index contributed by atoms with van der Waals surface area (Å²) < 4.78 is 0. The second-order valence-corrected chi connectivity index (χ2v) is 6.00. The number of nitrogens with two attached hydrogens (primary N) is 1. The first kappa shape index (κ1) is 16.4. The van der Waals surface area contributed by atoms with Gasteiger partial charge in [0, 0.05) is 12.8 Å². The maximum Gasteiger partial charge on any atom is 0.136 e. The van der Waals surface area contributed by atoms with E-state index >= 15 is 0 Å². The van der Waals surface area contributed by atoms with Gasteiger partial charge in [-0.2, -0.15) is 0 Å². The molecule has 1 unspecified atom stereocenters. The van der Waals surface area contributed by atoms with E-state index in [0.717, 1.165) is 24.8 Å². The van der Waals surface area contributed by atoms with E-state index in [-0.39, 0.29) is 5.41 Å². The zero-order valence-corrected chi connectivity index (χ0v) is 12.0. The monoisotopic (exact) mass is 239 g/mol. The minimum atomic E-state index is 0.238. The molecule has 0 amide bonds. The molecule has 0 spiro atoms. The van der Waals surface area contributed by atoms with E-state index in [0.29, 0.717) is 31.1 Å². The fourth-order valence-corrected chi connectivity index (χ4v) is 2.04. The highest BCUT2D eigenvalue weighted by Crippen LogP contribution is 2.32. The van der Waals surface area contributed by atoms with Crippen molar-refractivity contribution < 1.29 is 4.79 Å². The highest BCUT2D eigenvalue weighted by atomic mass is 16.1. The van der Waals surface area contributed by atoms with Crippen molar-refractivity contribution in [3.63, 3.8) is 0 Å². The van der Waals surface area contributed by atoms with Crippen LogP contribution in [0.4, 0.5) is 0 Å². The molecule has 0 saturated carbocycles. The lowest BCUT2D eigenvalue weighted by Crippen LogP contribution is -2.24. The van der Waals surface area contributed by atoms with E-state index in [1.807, 2.05) is 6.92 Å². The van der Waals surface area contributed by atoms with Gasteiger partial charge in [-0.3, -0.25) is 4.79 Å². The zero-order valence-electron chi connectivity index (χ0n) is 12.0. The van der Waals surface area contributed by atoms with Gasteiger partial charge in [0.1, 0.15) is 5.78 Å². The van der Waals surface area contributed by atoms with Gasteiger partial charge in [0.2, 0.25) is 0 Å². The van der Waals surface area contributed by atoms with Crippen molar-refractivity contribution in [1.82, 2.24) is 0 Å². The first-order valence-electron chi connectivity index (χ1n) is 6.69. The Morgan fingerprint density at radius 3 is 2.29 bits per heavy atom. The molecular weight excluding hydrogens is 210 g/mol.